The van der Waals surface area contributed by atoms with Crippen LogP contribution in [0.2, 0.25) is 0 Å². The molecule has 4 heteroatoms. The Hall–Kier alpha value is -1.94. The molecule has 1 fully saturated rings. The van der Waals surface area contributed by atoms with Gasteiger partial charge >= 0.3 is 0 Å². The normalized spacial score (nSPS) is 16.0. The fourth-order valence-corrected chi connectivity index (χ4v) is 2.40. The van der Waals surface area contributed by atoms with Crippen molar-refractivity contribution in [3.63, 3.8) is 0 Å². The summed E-state index contributed by atoms with van der Waals surface area (Å²) >= 11 is 0. The zero-order valence-electron chi connectivity index (χ0n) is 12.1. The molecule has 3 rings (SSSR count). The first-order chi connectivity index (χ1) is 9.55. The first-order valence-electron chi connectivity index (χ1n) is 6.82. The summed E-state index contributed by atoms with van der Waals surface area (Å²) in [5, 5.41) is 0. The lowest BCUT2D eigenvalue weighted by molar-refractivity contribution is 0.411. The van der Waals surface area contributed by atoms with Crippen LogP contribution in [0.5, 0.6) is 5.75 Å². The molecule has 1 aromatic heterocycles. The average Bonchev–Trinajstić information content (AvgIpc) is 3.21. The molecule has 0 amide bonds. The first kappa shape index (κ1) is 13.1. The third kappa shape index (κ3) is 2.06. The third-order valence-corrected chi connectivity index (χ3v) is 4.12. The van der Waals surface area contributed by atoms with Crippen molar-refractivity contribution in [3.8, 4) is 17.0 Å². The van der Waals surface area contributed by atoms with Gasteiger partial charge in [0.2, 0.25) is 0 Å². The third-order valence-electron chi connectivity index (χ3n) is 4.12. The highest BCUT2D eigenvalue weighted by molar-refractivity contribution is 5.67. The van der Waals surface area contributed by atoms with E-state index in [9.17, 15) is 0 Å². The van der Waals surface area contributed by atoms with Gasteiger partial charge in [0.1, 0.15) is 11.6 Å². The standard InChI is InChI=1S/C16H19N3O/c1-10-11(2)14(20-3)5-4-12(10)13-6-9-18-15(19-13)16(17)7-8-16/h4-6,9H,7-8,17H2,1-3H3. The second-order valence-corrected chi connectivity index (χ2v) is 5.49. The molecule has 1 saturated carbocycles. The van der Waals surface area contributed by atoms with E-state index in [0.717, 1.165) is 41.2 Å². The number of benzene rings is 1. The second-order valence-electron chi connectivity index (χ2n) is 5.49. The summed E-state index contributed by atoms with van der Waals surface area (Å²) in [6, 6.07) is 5.96. The van der Waals surface area contributed by atoms with Gasteiger partial charge in [-0.3, -0.25) is 0 Å². The van der Waals surface area contributed by atoms with Crippen LogP contribution in [-0.4, -0.2) is 17.1 Å². The maximum atomic E-state index is 6.18. The van der Waals surface area contributed by atoms with Gasteiger partial charge < -0.3 is 10.5 Å². The summed E-state index contributed by atoms with van der Waals surface area (Å²) in [5.41, 5.74) is 10.2. The van der Waals surface area contributed by atoms with Crippen molar-refractivity contribution in [2.45, 2.75) is 32.2 Å². The molecule has 4 nitrogen and oxygen atoms in total. The van der Waals surface area contributed by atoms with Crippen LogP contribution >= 0.6 is 0 Å². The van der Waals surface area contributed by atoms with Crippen LogP contribution in [0.15, 0.2) is 24.4 Å². The fraction of sp³-hybridized carbons (Fsp3) is 0.375. The van der Waals surface area contributed by atoms with Crippen molar-refractivity contribution in [3.05, 3.63) is 41.3 Å². The monoisotopic (exact) mass is 269 g/mol. The van der Waals surface area contributed by atoms with E-state index in [4.69, 9.17) is 10.5 Å². The lowest BCUT2D eigenvalue weighted by Crippen LogP contribution is -2.22. The van der Waals surface area contributed by atoms with E-state index in [-0.39, 0.29) is 5.54 Å². The number of nitrogens with two attached hydrogens (primary N) is 1. The molecule has 20 heavy (non-hydrogen) atoms. The van der Waals surface area contributed by atoms with Crippen molar-refractivity contribution >= 4 is 0 Å². The molecule has 104 valence electrons. The van der Waals surface area contributed by atoms with E-state index in [0.29, 0.717) is 0 Å². The Morgan fingerprint density at radius 3 is 2.55 bits per heavy atom. The maximum Gasteiger partial charge on any atom is 0.148 e. The Balaban J connectivity index is 2.07. The van der Waals surface area contributed by atoms with E-state index >= 15 is 0 Å². The van der Waals surface area contributed by atoms with Gasteiger partial charge in [0, 0.05) is 11.8 Å². The van der Waals surface area contributed by atoms with Crippen LogP contribution in [-0.2, 0) is 5.54 Å². The van der Waals surface area contributed by atoms with Crippen LogP contribution in [0.25, 0.3) is 11.3 Å². The molecular weight excluding hydrogens is 250 g/mol. The van der Waals surface area contributed by atoms with Crippen LogP contribution in [0.1, 0.15) is 29.8 Å². The predicted octanol–water partition coefficient (Wildman–Crippen LogP) is 2.72. The number of hydrogen-bond donors (Lipinski definition) is 1. The number of rotatable bonds is 3. The zero-order valence-corrected chi connectivity index (χ0v) is 12.1. The number of aromatic nitrogens is 2. The summed E-state index contributed by atoms with van der Waals surface area (Å²) in [5.74, 6) is 1.65. The molecular formula is C16H19N3O. The summed E-state index contributed by atoms with van der Waals surface area (Å²) < 4.78 is 5.35. The molecule has 0 atom stereocenters. The highest BCUT2D eigenvalue weighted by atomic mass is 16.5. The molecule has 0 unspecified atom stereocenters. The molecule has 1 heterocycles. The van der Waals surface area contributed by atoms with Crippen molar-refractivity contribution in [1.82, 2.24) is 9.97 Å². The number of hydrogen-bond acceptors (Lipinski definition) is 4. The minimum atomic E-state index is -0.300. The van der Waals surface area contributed by atoms with E-state index in [1.165, 1.54) is 5.56 Å². The molecule has 0 aliphatic heterocycles. The highest BCUT2D eigenvalue weighted by Crippen LogP contribution is 2.41. The molecule has 0 spiro atoms. The molecule has 1 aliphatic rings. The van der Waals surface area contributed by atoms with Gasteiger partial charge in [0.15, 0.2) is 0 Å². The summed E-state index contributed by atoms with van der Waals surface area (Å²) in [6.07, 6.45) is 3.73. The van der Waals surface area contributed by atoms with Gasteiger partial charge in [-0.25, -0.2) is 9.97 Å². The zero-order chi connectivity index (χ0) is 14.3. The number of ether oxygens (including phenoxy) is 1. The Kier molecular flexibility index (Phi) is 2.98. The smallest absolute Gasteiger partial charge is 0.148 e. The summed E-state index contributed by atoms with van der Waals surface area (Å²) in [7, 11) is 1.69. The van der Waals surface area contributed by atoms with E-state index in [1.807, 2.05) is 18.2 Å². The molecule has 2 aromatic rings. The minimum absolute atomic E-state index is 0.300. The largest absolute Gasteiger partial charge is 0.496 e. The van der Waals surface area contributed by atoms with Crippen molar-refractivity contribution in [1.29, 1.82) is 0 Å². The van der Waals surface area contributed by atoms with Crippen molar-refractivity contribution < 1.29 is 4.74 Å². The Bertz CT molecular complexity index is 663. The lowest BCUT2D eigenvalue weighted by Gasteiger charge is -2.13. The lowest BCUT2D eigenvalue weighted by atomic mass is 9.99. The molecule has 2 N–H and O–H groups in total. The Morgan fingerprint density at radius 1 is 1.15 bits per heavy atom. The average molecular weight is 269 g/mol. The highest BCUT2D eigenvalue weighted by Gasteiger charge is 2.43. The van der Waals surface area contributed by atoms with Gasteiger partial charge in [-0.15, -0.1) is 0 Å². The maximum absolute atomic E-state index is 6.18. The topological polar surface area (TPSA) is 61.0 Å². The first-order valence-corrected chi connectivity index (χ1v) is 6.82. The van der Waals surface area contributed by atoms with Crippen LogP contribution in [0, 0.1) is 13.8 Å². The SMILES string of the molecule is COc1ccc(-c2ccnc(C3(N)CC3)n2)c(C)c1C. The molecule has 0 saturated heterocycles. The van der Waals surface area contributed by atoms with E-state index in [1.54, 1.807) is 13.3 Å². The van der Waals surface area contributed by atoms with E-state index in [2.05, 4.69) is 23.8 Å². The molecule has 1 aliphatic carbocycles. The minimum Gasteiger partial charge on any atom is -0.496 e. The number of nitrogens with zero attached hydrogens (tertiary/aromatic N) is 2. The molecule has 0 radical (unpaired) electrons. The van der Waals surface area contributed by atoms with Crippen LogP contribution in [0.3, 0.4) is 0 Å². The van der Waals surface area contributed by atoms with Crippen molar-refractivity contribution in [2.24, 2.45) is 5.73 Å². The number of methoxy groups -OCH3 is 1. The quantitative estimate of drug-likeness (QED) is 0.930. The van der Waals surface area contributed by atoms with Gasteiger partial charge in [-0.1, -0.05) is 0 Å². The summed E-state index contributed by atoms with van der Waals surface area (Å²) in [6.45, 7) is 4.15. The Morgan fingerprint density at radius 2 is 1.90 bits per heavy atom. The van der Waals surface area contributed by atoms with Gasteiger partial charge in [0.05, 0.1) is 18.3 Å². The molecule has 0 bridgehead atoms. The molecule has 1 aromatic carbocycles. The van der Waals surface area contributed by atoms with Gasteiger partial charge in [-0.05, 0) is 56.0 Å². The Labute approximate surface area is 119 Å². The summed E-state index contributed by atoms with van der Waals surface area (Å²) in [4.78, 5) is 8.98. The predicted molar refractivity (Wildman–Crippen MR) is 78.6 cm³/mol. The second kappa shape index (κ2) is 4.56. The van der Waals surface area contributed by atoms with E-state index < -0.39 is 0 Å². The fourth-order valence-electron chi connectivity index (χ4n) is 2.40. The van der Waals surface area contributed by atoms with Crippen molar-refractivity contribution in [2.75, 3.05) is 7.11 Å². The van der Waals surface area contributed by atoms with Crippen LogP contribution in [0.4, 0.5) is 0 Å². The van der Waals surface area contributed by atoms with Gasteiger partial charge in [0.25, 0.3) is 0 Å². The van der Waals surface area contributed by atoms with Crippen LogP contribution < -0.4 is 10.5 Å². The van der Waals surface area contributed by atoms with Gasteiger partial charge in [-0.2, -0.15) is 0 Å².